The van der Waals surface area contributed by atoms with Crippen molar-refractivity contribution in [3.8, 4) is 0 Å². The molecular formula is C21H31F2N5O. The number of carbonyl (C=O) groups excluding carboxylic acids is 1. The largest absolute Gasteiger partial charge is 0.365 e. The third kappa shape index (κ3) is 6.05. The molecule has 1 heterocycles. The lowest BCUT2D eigenvalue weighted by Gasteiger charge is -2.23. The quantitative estimate of drug-likeness (QED) is 0.501. The first-order chi connectivity index (χ1) is 14.1. The molecule has 29 heavy (non-hydrogen) atoms. The second-order valence-corrected chi connectivity index (χ2v) is 7.80. The molecule has 1 amide bonds. The molecule has 8 heteroatoms. The molecular weight excluding hydrogens is 376 g/mol. The number of guanidine groups is 1. The van der Waals surface area contributed by atoms with Gasteiger partial charge in [-0.3, -0.25) is 9.79 Å². The van der Waals surface area contributed by atoms with Crippen LogP contribution in [0, 0.1) is 11.6 Å². The molecule has 6 nitrogen and oxygen atoms in total. The molecule has 2 fully saturated rings. The molecule has 0 aromatic heterocycles. The summed E-state index contributed by atoms with van der Waals surface area (Å²) in [5.41, 5.74) is 0.0270. The average molecular weight is 408 g/mol. The van der Waals surface area contributed by atoms with E-state index in [1.165, 1.54) is 37.5 Å². The van der Waals surface area contributed by atoms with Crippen molar-refractivity contribution >= 4 is 17.6 Å². The summed E-state index contributed by atoms with van der Waals surface area (Å²) < 4.78 is 28.0. The van der Waals surface area contributed by atoms with E-state index < -0.39 is 11.6 Å². The van der Waals surface area contributed by atoms with Crippen LogP contribution in [0.3, 0.4) is 0 Å². The lowest BCUT2D eigenvalue weighted by molar-refractivity contribution is -0.121. The Kier molecular flexibility index (Phi) is 7.66. The summed E-state index contributed by atoms with van der Waals surface area (Å²) in [7, 11) is 1.67. The minimum atomic E-state index is -0.544. The monoisotopic (exact) mass is 407 g/mol. The predicted octanol–water partition coefficient (Wildman–Crippen LogP) is 2.55. The van der Waals surface area contributed by atoms with Crippen LogP contribution in [0.25, 0.3) is 0 Å². The highest BCUT2D eigenvalue weighted by Crippen LogP contribution is 2.26. The summed E-state index contributed by atoms with van der Waals surface area (Å²) in [6, 6.07) is 4.26. The molecule has 1 aromatic rings. The smallest absolute Gasteiger partial charge is 0.221 e. The van der Waals surface area contributed by atoms with E-state index in [0.29, 0.717) is 38.1 Å². The molecule has 1 saturated heterocycles. The number of nitrogens with zero attached hydrogens (tertiary/aromatic N) is 2. The number of amides is 1. The first kappa shape index (κ1) is 21.3. The third-order valence-electron chi connectivity index (χ3n) is 5.62. The minimum Gasteiger partial charge on any atom is -0.365 e. The van der Waals surface area contributed by atoms with E-state index in [1.807, 2.05) is 0 Å². The Morgan fingerprint density at radius 2 is 1.83 bits per heavy atom. The number of benzene rings is 1. The van der Waals surface area contributed by atoms with Gasteiger partial charge in [0, 0.05) is 45.2 Å². The minimum absolute atomic E-state index is 0.0243. The van der Waals surface area contributed by atoms with E-state index in [1.54, 1.807) is 11.9 Å². The molecule has 1 unspecified atom stereocenters. The lowest BCUT2D eigenvalue weighted by atomic mass is 9.95. The van der Waals surface area contributed by atoms with E-state index in [-0.39, 0.29) is 17.6 Å². The topological polar surface area (TPSA) is 68.8 Å². The molecule has 1 saturated carbocycles. The van der Waals surface area contributed by atoms with Crippen LogP contribution >= 0.6 is 0 Å². The highest BCUT2D eigenvalue weighted by molar-refractivity contribution is 5.81. The van der Waals surface area contributed by atoms with Gasteiger partial charge >= 0.3 is 0 Å². The second kappa shape index (κ2) is 10.4. The first-order valence-corrected chi connectivity index (χ1v) is 10.5. The number of aliphatic imine (C=N–C) groups is 1. The zero-order chi connectivity index (χ0) is 20.6. The molecule has 1 aliphatic carbocycles. The fourth-order valence-corrected chi connectivity index (χ4v) is 4.10. The molecule has 160 valence electrons. The molecule has 3 N–H and O–H groups in total. The van der Waals surface area contributed by atoms with Crippen molar-refractivity contribution in [2.24, 2.45) is 4.99 Å². The molecule has 1 aliphatic heterocycles. The first-order valence-electron chi connectivity index (χ1n) is 10.5. The Morgan fingerprint density at radius 1 is 1.10 bits per heavy atom. The Morgan fingerprint density at radius 3 is 2.52 bits per heavy atom. The summed E-state index contributed by atoms with van der Waals surface area (Å²) in [5, 5.41) is 9.53. The van der Waals surface area contributed by atoms with Crippen molar-refractivity contribution in [1.29, 1.82) is 0 Å². The van der Waals surface area contributed by atoms with Crippen LogP contribution in [0.4, 0.5) is 14.5 Å². The summed E-state index contributed by atoms with van der Waals surface area (Å²) in [6.45, 7) is 1.54. The van der Waals surface area contributed by atoms with Gasteiger partial charge in [0.2, 0.25) is 5.91 Å². The molecule has 0 radical (unpaired) electrons. The van der Waals surface area contributed by atoms with Gasteiger partial charge in [0.05, 0.1) is 0 Å². The normalized spacial score (nSPS) is 20.6. The fourth-order valence-electron chi connectivity index (χ4n) is 4.10. The maximum atomic E-state index is 14.0. The van der Waals surface area contributed by atoms with Crippen molar-refractivity contribution in [3.63, 3.8) is 0 Å². The number of halogens is 2. The number of para-hydroxylation sites is 1. The Balaban J connectivity index is 1.40. The lowest BCUT2D eigenvalue weighted by Crippen LogP contribution is -2.46. The number of hydrogen-bond donors (Lipinski definition) is 3. The summed E-state index contributed by atoms with van der Waals surface area (Å²) >= 11 is 0. The van der Waals surface area contributed by atoms with Gasteiger partial charge in [-0.15, -0.1) is 0 Å². The van der Waals surface area contributed by atoms with Crippen molar-refractivity contribution in [1.82, 2.24) is 16.0 Å². The van der Waals surface area contributed by atoms with Gasteiger partial charge in [-0.25, -0.2) is 8.78 Å². The number of rotatable bonds is 6. The van der Waals surface area contributed by atoms with Crippen LogP contribution in [0.2, 0.25) is 0 Å². The number of nitrogens with one attached hydrogen (secondary N) is 3. The molecule has 2 aliphatic rings. The zero-order valence-corrected chi connectivity index (χ0v) is 17.0. The van der Waals surface area contributed by atoms with Crippen molar-refractivity contribution in [3.05, 3.63) is 29.8 Å². The van der Waals surface area contributed by atoms with Crippen molar-refractivity contribution in [2.75, 3.05) is 31.6 Å². The van der Waals surface area contributed by atoms with Crippen LogP contribution in [0.15, 0.2) is 23.2 Å². The molecule has 1 atom stereocenters. The van der Waals surface area contributed by atoms with Gasteiger partial charge in [0.1, 0.15) is 17.3 Å². The third-order valence-corrected chi connectivity index (χ3v) is 5.62. The van der Waals surface area contributed by atoms with Gasteiger partial charge < -0.3 is 20.9 Å². The maximum absolute atomic E-state index is 14.0. The predicted molar refractivity (Wildman–Crippen MR) is 111 cm³/mol. The molecule has 0 bridgehead atoms. The Hall–Kier alpha value is -2.38. The number of hydrogen-bond acceptors (Lipinski definition) is 3. The van der Waals surface area contributed by atoms with E-state index in [9.17, 15) is 13.6 Å². The van der Waals surface area contributed by atoms with Gasteiger partial charge in [-0.1, -0.05) is 25.3 Å². The van der Waals surface area contributed by atoms with E-state index in [4.69, 9.17) is 0 Å². The Labute approximate surface area is 171 Å². The number of anilines is 1. The fraction of sp³-hybridized carbons (Fsp3) is 0.619. The van der Waals surface area contributed by atoms with Gasteiger partial charge in [0.25, 0.3) is 0 Å². The van der Waals surface area contributed by atoms with Gasteiger partial charge in [-0.2, -0.15) is 0 Å². The zero-order valence-electron chi connectivity index (χ0n) is 17.0. The van der Waals surface area contributed by atoms with E-state index >= 15 is 0 Å². The maximum Gasteiger partial charge on any atom is 0.221 e. The molecule has 0 spiro atoms. The van der Waals surface area contributed by atoms with Crippen LogP contribution in [0.1, 0.15) is 44.9 Å². The number of carbonyl (C=O) groups is 1. The van der Waals surface area contributed by atoms with Gasteiger partial charge in [-0.05, 0) is 31.4 Å². The summed E-state index contributed by atoms with van der Waals surface area (Å²) in [5.74, 6) is -0.437. The van der Waals surface area contributed by atoms with Crippen LogP contribution in [0.5, 0.6) is 0 Å². The van der Waals surface area contributed by atoms with Gasteiger partial charge in [0.15, 0.2) is 5.96 Å². The van der Waals surface area contributed by atoms with E-state index in [2.05, 4.69) is 20.9 Å². The Bertz CT molecular complexity index is 701. The standard InChI is InChI=1S/C21H31F2N5O/c1-24-21(25-12-10-19(29)26-15-6-3-2-4-7-15)27-16-11-13-28(14-16)20-17(22)8-5-9-18(20)23/h5,8-9,15-16H,2-4,6-7,10-14H2,1H3,(H,26,29)(H2,24,25,27). The second-order valence-electron chi connectivity index (χ2n) is 7.80. The van der Waals surface area contributed by atoms with Crippen molar-refractivity contribution < 1.29 is 13.6 Å². The highest BCUT2D eigenvalue weighted by atomic mass is 19.1. The summed E-state index contributed by atoms with van der Waals surface area (Å²) in [4.78, 5) is 18.0. The van der Waals surface area contributed by atoms with Crippen LogP contribution in [-0.4, -0.2) is 50.6 Å². The highest BCUT2D eigenvalue weighted by Gasteiger charge is 2.27. The molecule has 1 aromatic carbocycles. The average Bonchev–Trinajstić information content (AvgIpc) is 3.16. The summed E-state index contributed by atoms with van der Waals surface area (Å²) in [6.07, 6.45) is 6.92. The van der Waals surface area contributed by atoms with Crippen LogP contribution < -0.4 is 20.9 Å². The molecule has 3 rings (SSSR count). The van der Waals surface area contributed by atoms with Crippen molar-refractivity contribution in [2.45, 2.75) is 57.0 Å². The van der Waals surface area contributed by atoms with Crippen LogP contribution in [-0.2, 0) is 4.79 Å². The van der Waals surface area contributed by atoms with E-state index in [0.717, 1.165) is 19.3 Å². The SMILES string of the molecule is CN=C(NCCC(=O)NC1CCCCC1)NC1CCN(c2c(F)cccc2F)C1.